The van der Waals surface area contributed by atoms with E-state index in [1.54, 1.807) is 54.6 Å². The van der Waals surface area contributed by atoms with Gasteiger partial charge >= 0.3 is 6.09 Å². The minimum absolute atomic E-state index is 0.00607. The van der Waals surface area contributed by atoms with Crippen molar-refractivity contribution >= 4 is 62.4 Å². The molecule has 0 fully saturated rings. The lowest BCUT2D eigenvalue weighted by Crippen LogP contribution is -2.29. The summed E-state index contributed by atoms with van der Waals surface area (Å²) >= 11 is 2.14. The molecule has 2 amide bonds. The fourth-order valence-corrected chi connectivity index (χ4v) is 4.97. The third-order valence-corrected chi connectivity index (χ3v) is 7.05. The second-order valence-electron chi connectivity index (χ2n) is 9.23. The Labute approximate surface area is 252 Å². The first-order valence-corrected chi connectivity index (χ1v) is 14.3. The van der Waals surface area contributed by atoms with E-state index in [0.717, 1.165) is 14.3 Å². The highest BCUT2D eigenvalue weighted by atomic mass is 127. The molecule has 5 N–H and O–H groups in total. The van der Waals surface area contributed by atoms with Gasteiger partial charge in [-0.05, 0) is 90.2 Å². The lowest BCUT2D eigenvalue weighted by atomic mass is 9.99. The van der Waals surface area contributed by atoms with Crippen molar-refractivity contribution in [2.45, 2.75) is 32.0 Å². The number of phenolic OH excluding ortho intramolecular Hbond substituents is 1. The number of amides is 2. The minimum atomic E-state index is -0.911. The van der Waals surface area contributed by atoms with Crippen LogP contribution in [0.3, 0.4) is 0 Å². The molecule has 4 rings (SSSR count). The molecule has 9 heteroatoms. The SMILES string of the molecule is CCO[C@@H](CC/C=C/C(=O)Nc1ccccc1N)[C@@H](OC(=O)Nc1cccc2ccccc12)c1cc(I)ccc1O. The second-order valence-corrected chi connectivity index (χ2v) is 10.5. The average Bonchev–Trinajstić information content (AvgIpc) is 2.96. The number of anilines is 3. The first kappa shape index (κ1) is 29.9. The molecule has 0 radical (unpaired) electrons. The number of nitrogens with two attached hydrogens (primary N) is 1. The van der Waals surface area contributed by atoms with Gasteiger partial charge in [0.05, 0.1) is 23.2 Å². The fourth-order valence-electron chi connectivity index (χ4n) is 4.45. The van der Waals surface area contributed by atoms with Gasteiger partial charge in [-0.25, -0.2) is 4.79 Å². The van der Waals surface area contributed by atoms with Gasteiger partial charge in [-0.15, -0.1) is 0 Å². The van der Waals surface area contributed by atoms with E-state index in [9.17, 15) is 14.7 Å². The van der Waals surface area contributed by atoms with E-state index >= 15 is 0 Å². The van der Waals surface area contributed by atoms with Crippen LogP contribution in [0.15, 0.2) is 97.1 Å². The Morgan fingerprint density at radius 1 is 0.976 bits per heavy atom. The number of nitrogens with one attached hydrogen (secondary N) is 2. The molecule has 41 heavy (non-hydrogen) atoms. The van der Waals surface area contributed by atoms with Crippen LogP contribution in [0.5, 0.6) is 5.75 Å². The largest absolute Gasteiger partial charge is 0.508 e. The van der Waals surface area contributed by atoms with Crippen LogP contribution in [0, 0.1) is 3.57 Å². The van der Waals surface area contributed by atoms with E-state index in [4.69, 9.17) is 15.2 Å². The number of nitrogen functional groups attached to an aromatic ring is 1. The molecule has 2 atom stereocenters. The van der Waals surface area contributed by atoms with E-state index in [1.807, 2.05) is 43.3 Å². The van der Waals surface area contributed by atoms with Crippen LogP contribution in [0.1, 0.15) is 31.4 Å². The zero-order valence-corrected chi connectivity index (χ0v) is 24.7. The Morgan fingerprint density at radius 2 is 1.71 bits per heavy atom. The smallest absolute Gasteiger partial charge is 0.412 e. The number of hydrogen-bond acceptors (Lipinski definition) is 6. The molecule has 0 aliphatic rings. The minimum Gasteiger partial charge on any atom is -0.508 e. The van der Waals surface area contributed by atoms with Gasteiger partial charge < -0.3 is 25.6 Å². The van der Waals surface area contributed by atoms with E-state index in [2.05, 4.69) is 33.2 Å². The summed E-state index contributed by atoms with van der Waals surface area (Å²) in [6.07, 6.45) is 1.85. The molecule has 0 aliphatic heterocycles. The molecule has 8 nitrogen and oxygen atoms in total. The number of para-hydroxylation sites is 2. The Bertz CT molecular complexity index is 1540. The number of carbonyl (C=O) groups excluding carboxylic acids is 2. The topological polar surface area (TPSA) is 123 Å². The molecule has 0 spiro atoms. The molecule has 0 saturated heterocycles. The highest BCUT2D eigenvalue weighted by Crippen LogP contribution is 2.35. The van der Waals surface area contributed by atoms with Crippen LogP contribution in [0.2, 0.25) is 0 Å². The second kappa shape index (κ2) is 14.5. The summed E-state index contributed by atoms with van der Waals surface area (Å²) in [5.41, 5.74) is 7.96. The van der Waals surface area contributed by atoms with Gasteiger partial charge in [-0.1, -0.05) is 54.6 Å². The molecule has 0 unspecified atom stereocenters. The zero-order valence-electron chi connectivity index (χ0n) is 22.5. The number of hydrogen-bond donors (Lipinski definition) is 4. The van der Waals surface area contributed by atoms with Crippen LogP contribution < -0.4 is 16.4 Å². The number of aromatic hydroxyl groups is 1. The molecule has 4 aromatic carbocycles. The lowest BCUT2D eigenvalue weighted by Gasteiger charge is -2.28. The molecule has 0 heterocycles. The van der Waals surface area contributed by atoms with Crippen LogP contribution in [0.4, 0.5) is 21.9 Å². The Morgan fingerprint density at radius 3 is 2.51 bits per heavy atom. The van der Waals surface area contributed by atoms with Gasteiger partial charge in [0.1, 0.15) is 5.75 Å². The number of ether oxygens (including phenoxy) is 2. The summed E-state index contributed by atoms with van der Waals surface area (Å²) in [6.45, 7) is 2.21. The fraction of sp³-hybridized carbons (Fsp3) is 0.188. The number of halogens is 1. The third kappa shape index (κ3) is 8.21. The van der Waals surface area contributed by atoms with Crippen molar-refractivity contribution in [1.82, 2.24) is 0 Å². The van der Waals surface area contributed by atoms with Crippen molar-refractivity contribution < 1.29 is 24.2 Å². The number of benzene rings is 4. The number of allylic oxidation sites excluding steroid dienone is 1. The summed E-state index contributed by atoms with van der Waals surface area (Å²) in [5, 5.41) is 18.2. The normalized spacial score (nSPS) is 12.6. The summed E-state index contributed by atoms with van der Waals surface area (Å²) in [5.74, 6) is -0.318. The Hall–Kier alpha value is -4.09. The van der Waals surface area contributed by atoms with E-state index in [0.29, 0.717) is 42.1 Å². The van der Waals surface area contributed by atoms with Gasteiger partial charge in [-0.2, -0.15) is 0 Å². The van der Waals surface area contributed by atoms with E-state index < -0.39 is 18.3 Å². The van der Waals surface area contributed by atoms with Crippen LogP contribution in [0.25, 0.3) is 10.8 Å². The maximum absolute atomic E-state index is 13.2. The average molecular weight is 666 g/mol. The molecular formula is C32H32IN3O5. The first-order valence-electron chi connectivity index (χ1n) is 13.2. The van der Waals surface area contributed by atoms with Crippen molar-refractivity contribution in [2.24, 2.45) is 0 Å². The van der Waals surface area contributed by atoms with E-state index in [-0.39, 0.29) is 11.7 Å². The van der Waals surface area contributed by atoms with Gasteiger partial charge in [-0.3, -0.25) is 10.1 Å². The van der Waals surface area contributed by atoms with Gasteiger partial charge in [0.15, 0.2) is 6.10 Å². The van der Waals surface area contributed by atoms with Crippen LogP contribution >= 0.6 is 22.6 Å². The third-order valence-electron chi connectivity index (χ3n) is 6.38. The zero-order chi connectivity index (χ0) is 29.2. The van der Waals surface area contributed by atoms with Gasteiger partial charge in [0, 0.05) is 21.1 Å². The quantitative estimate of drug-likeness (QED) is 0.0753. The van der Waals surface area contributed by atoms with Gasteiger partial charge in [0.25, 0.3) is 0 Å². The van der Waals surface area contributed by atoms with Crippen molar-refractivity contribution in [1.29, 1.82) is 0 Å². The molecule has 4 aromatic rings. The van der Waals surface area contributed by atoms with Gasteiger partial charge in [0.2, 0.25) is 5.91 Å². The standard InChI is InChI=1S/C32H32IN3O5/c1-2-40-29(16-7-8-17-30(38)35-27-14-6-5-13-25(27)34)31(24-20-22(33)18-19-28(24)37)41-32(39)36-26-15-9-11-21-10-3-4-12-23(21)26/h3-6,8-15,17-20,29,31,37H,2,7,16,34H2,1H3,(H,35,38)(H,36,39)/b17-8+/t29-,31-/m0/s1. The number of phenols is 1. The molecule has 0 aliphatic carbocycles. The highest BCUT2D eigenvalue weighted by molar-refractivity contribution is 14.1. The molecule has 0 aromatic heterocycles. The monoisotopic (exact) mass is 665 g/mol. The Kier molecular flexibility index (Phi) is 10.6. The molecule has 212 valence electrons. The summed E-state index contributed by atoms with van der Waals surface area (Å²) < 4.78 is 12.8. The van der Waals surface area contributed by atoms with Crippen molar-refractivity contribution in [2.75, 3.05) is 23.0 Å². The van der Waals surface area contributed by atoms with E-state index in [1.165, 1.54) is 6.08 Å². The van der Waals surface area contributed by atoms with Crippen molar-refractivity contribution in [3.63, 3.8) is 0 Å². The summed E-state index contributed by atoms with van der Waals surface area (Å²) in [7, 11) is 0. The lowest BCUT2D eigenvalue weighted by molar-refractivity contribution is -0.111. The molecule has 0 saturated carbocycles. The van der Waals surface area contributed by atoms with Crippen LogP contribution in [-0.2, 0) is 14.3 Å². The van der Waals surface area contributed by atoms with Crippen LogP contribution in [-0.4, -0.2) is 29.8 Å². The maximum atomic E-state index is 13.2. The van der Waals surface area contributed by atoms with Crippen molar-refractivity contribution in [3.8, 4) is 5.75 Å². The maximum Gasteiger partial charge on any atom is 0.412 e. The number of rotatable bonds is 11. The highest BCUT2D eigenvalue weighted by Gasteiger charge is 2.30. The number of fused-ring (bicyclic) bond motifs is 1. The molecule has 0 bridgehead atoms. The van der Waals surface area contributed by atoms with Crippen molar-refractivity contribution in [3.05, 3.63) is 106 Å². The predicted molar refractivity (Wildman–Crippen MR) is 171 cm³/mol. The number of carbonyl (C=O) groups is 2. The molecular weight excluding hydrogens is 633 g/mol. The first-order chi connectivity index (χ1) is 19.9. The summed E-state index contributed by atoms with van der Waals surface area (Å²) in [4.78, 5) is 25.6. The Balaban J connectivity index is 1.50. The summed E-state index contributed by atoms with van der Waals surface area (Å²) in [6, 6.07) is 25.5. The predicted octanol–water partition coefficient (Wildman–Crippen LogP) is 7.40.